The van der Waals surface area contributed by atoms with Gasteiger partial charge in [-0.15, -0.1) is 0 Å². The number of alkyl halides is 3. The molecule has 3 heterocycles. The molecule has 2 aromatic rings. The number of carbonyl (C=O) groups excluding carboxylic acids is 3. The first kappa shape index (κ1) is 26.4. The van der Waals surface area contributed by atoms with Crippen LogP contribution in [0.3, 0.4) is 0 Å². The Labute approximate surface area is 213 Å². The van der Waals surface area contributed by atoms with Crippen LogP contribution < -0.4 is 10.6 Å². The van der Waals surface area contributed by atoms with E-state index < -0.39 is 61.7 Å². The van der Waals surface area contributed by atoms with Gasteiger partial charge in [0.25, 0.3) is 5.92 Å². The molecule has 0 aliphatic carbocycles. The zero-order chi connectivity index (χ0) is 26.7. The Hall–Kier alpha value is -3.63. The number of rotatable bonds is 7. The van der Waals surface area contributed by atoms with Gasteiger partial charge in [0.15, 0.2) is 0 Å². The van der Waals surface area contributed by atoms with Crippen molar-refractivity contribution in [2.45, 2.75) is 50.4 Å². The topological polar surface area (TPSA) is 94.6 Å². The van der Waals surface area contributed by atoms with E-state index in [1.54, 1.807) is 6.20 Å². The lowest BCUT2D eigenvalue weighted by atomic mass is 10.00. The van der Waals surface area contributed by atoms with Crippen LogP contribution >= 0.6 is 0 Å². The van der Waals surface area contributed by atoms with Crippen LogP contribution in [0.25, 0.3) is 0 Å². The molecule has 8 nitrogen and oxygen atoms in total. The average Bonchev–Trinajstić information content (AvgIpc) is 3.26. The minimum Gasteiger partial charge on any atom is -0.342 e. The van der Waals surface area contributed by atoms with Crippen LogP contribution in [0.5, 0.6) is 0 Å². The molecule has 4 amide bonds. The third-order valence-corrected chi connectivity index (χ3v) is 6.59. The monoisotopic (exact) mass is 517 g/mol. The van der Waals surface area contributed by atoms with Gasteiger partial charge in [-0.25, -0.2) is 18.0 Å². The Kier molecular flexibility index (Phi) is 7.70. The van der Waals surface area contributed by atoms with Crippen molar-refractivity contribution in [1.82, 2.24) is 25.4 Å². The highest BCUT2D eigenvalue weighted by atomic mass is 19.3. The van der Waals surface area contributed by atoms with Gasteiger partial charge in [0.1, 0.15) is 12.2 Å². The second-order valence-corrected chi connectivity index (χ2v) is 9.79. The largest absolute Gasteiger partial charge is 0.342 e. The fourth-order valence-electron chi connectivity index (χ4n) is 4.47. The Morgan fingerprint density at radius 2 is 1.78 bits per heavy atom. The summed E-state index contributed by atoms with van der Waals surface area (Å²) in [4.78, 5) is 44.6. The van der Waals surface area contributed by atoms with Crippen LogP contribution in [-0.2, 0) is 9.59 Å². The fraction of sp³-hybridized carbons (Fsp3) is 0.462. The molecule has 1 aromatic carbocycles. The molecule has 3 atom stereocenters. The Morgan fingerprint density at radius 3 is 2.38 bits per heavy atom. The van der Waals surface area contributed by atoms with E-state index in [9.17, 15) is 27.6 Å². The molecule has 37 heavy (non-hydrogen) atoms. The second kappa shape index (κ2) is 10.8. The Bertz CT molecular complexity index is 1120. The maximum absolute atomic E-state index is 14.4. The van der Waals surface area contributed by atoms with Gasteiger partial charge in [-0.2, -0.15) is 0 Å². The van der Waals surface area contributed by atoms with Gasteiger partial charge < -0.3 is 20.4 Å². The number of halogens is 3. The van der Waals surface area contributed by atoms with Gasteiger partial charge in [-0.3, -0.25) is 14.6 Å². The third kappa shape index (κ3) is 6.20. The summed E-state index contributed by atoms with van der Waals surface area (Å²) in [6, 6.07) is 10.4. The lowest BCUT2D eigenvalue weighted by Gasteiger charge is -2.38. The van der Waals surface area contributed by atoms with E-state index in [-0.39, 0.29) is 18.9 Å². The van der Waals surface area contributed by atoms with Crippen molar-refractivity contribution in [2.75, 3.05) is 26.2 Å². The smallest absolute Gasteiger partial charge is 0.318 e. The van der Waals surface area contributed by atoms with Crippen LogP contribution in [0.2, 0.25) is 0 Å². The molecule has 2 aliphatic rings. The Balaban J connectivity index is 1.45. The molecule has 2 saturated heterocycles. The molecule has 4 rings (SSSR count). The molecule has 3 unspecified atom stereocenters. The van der Waals surface area contributed by atoms with E-state index in [1.165, 1.54) is 0 Å². The van der Waals surface area contributed by atoms with E-state index in [0.717, 1.165) is 20.9 Å². The molecule has 0 saturated carbocycles. The number of amides is 4. The highest BCUT2D eigenvalue weighted by molar-refractivity contribution is 5.91. The minimum absolute atomic E-state index is 0.189. The summed E-state index contributed by atoms with van der Waals surface area (Å²) >= 11 is 0. The van der Waals surface area contributed by atoms with Gasteiger partial charge in [0.2, 0.25) is 11.8 Å². The molecule has 1 aromatic heterocycles. The molecule has 0 bridgehead atoms. The lowest BCUT2D eigenvalue weighted by molar-refractivity contribution is -0.138. The molecule has 2 fully saturated rings. The van der Waals surface area contributed by atoms with E-state index >= 15 is 0 Å². The third-order valence-electron chi connectivity index (χ3n) is 6.59. The van der Waals surface area contributed by atoms with Crippen molar-refractivity contribution in [3.05, 3.63) is 65.5 Å². The van der Waals surface area contributed by atoms with Gasteiger partial charge in [0, 0.05) is 12.6 Å². The fourth-order valence-corrected chi connectivity index (χ4v) is 4.47. The van der Waals surface area contributed by atoms with Crippen molar-refractivity contribution < 1.29 is 27.6 Å². The van der Waals surface area contributed by atoms with Gasteiger partial charge in [0.05, 0.1) is 37.9 Å². The summed E-state index contributed by atoms with van der Waals surface area (Å²) in [5, 5.41) is 5.19. The number of aromatic nitrogens is 1. The van der Waals surface area contributed by atoms with Crippen LogP contribution in [0.1, 0.15) is 49.0 Å². The zero-order valence-electron chi connectivity index (χ0n) is 20.7. The molecule has 198 valence electrons. The molecule has 11 heteroatoms. The van der Waals surface area contributed by atoms with Crippen LogP contribution in [0.4, 0.5) is 18.0 Å². The van der Waals surface area contributed by atoms with Gasteiger partial charge in [-0.1, -0.05) is 50.2 Å². The number of nitrogens with one attached hydrogen (secondary N) is 2. The van der Waals surface area contributed by atoms with Crippen LogP contribution in [0, 0.1) is 0 Å². The van der Waals surface area contributed by atoms with Crippen molar-refractivity contribution in [3.8, 4) is 0 Å². The summed E-state index contributed by atoms with van der Waals surface area (Å²) in [5.74, 6) is -3.87. The quantitative estimate of drug-likeness (QED) is 0.591. The maximum Gasteiger partial charge on any atom is 0.318 e. The second-order valence-electron chi connectivity index (χ2n) is 9.79. The minimum atomic E-state index is -2.93. The SMILES string of the molecule is CC(C)c1ccc(C(NC(=O)C2CC(F)CN2C(=O)CNC(=O)N2CC(F)(F)C2)c2ccccc2)nc1. The van der Waals surface area contributed by atoms with Crippen molar-refractivity contribution in [2.24, 2.45) is 0 Å². The zero-order valence-corrected chi connectivity index (χ0v) is 20.7. The van der Waals surface area contributed by atoms with Crippen LogP contribution in [-0.4, -0.2) is 76.9 Å². The number of urea groups is 1. The number of nitrogens with zero attached hydrogens (tertiary/aromatic N) is 3. The van der Waals surface area contributed by atoms with E-state index in [4.69, 9.17) is 0 Å². The number of likely N-dealkylation sites (tertiary alicyclic amines) is 2. The van der Waals surface area contributed by atoms with E-state index in [2.05, 4.69) is 15.6 Å². The Morgan fingerprint density at radius 1 is 1.08 bits per heavy atom. The van der Waals surface area contributed by atoms with Crippen molar-refractivity contribution in [3.63, 3.8) is 0 Å². The molecular formula is C26H30F3N5O3. The summed E-state index contributed by atoms with van der Waals surface area (Å²) in [7, 11) is 0. The summed E-state index contributed by atoms with van der Waals surface area (Å²) in [6.45, 7) is 1.83. The van der Waals surface area contributed by atoms with Crippen molar-refractivity contribution in [1.29, 1.82) is 0 Å². The first-order chi connectivity index (χ1) is 17.5. The number of pyridine rings is 1. The number of hydrogen-bond donors (Lipinski definition) is 2. The van der Waals surface area contributed by atoms with Crippen molar-refractivity contribution >= 4 is 17.8 Å². The van der Waals surface area contributed by atoms with Gasteiger partial charge in [-0.05, 0) is 23.1 Å². The first-order valence-electron chi connectivity index (χ1n) is 12.2. The molecule has 2 aliphatic heterocycles. The summed E-state index contributed by atoms with van der Waals surface area (Å²) < 4.78 is 40.3. The van der Waals surface area contributed by atoms with E-state index in [1.807, 2.05) is 56.3 Å². The molecule has 0 spiro atoms. The first-order valence-corrected chi connectivity index (χ1v) is 12.2. The highest BCUT2D eigenvalue weighted by Gasteiger charge is 2.46. The van der Waals surface area contributed by atoms with E-state index in [0.29, 0.717) is 5.69 Å². The number of carbonyl (C=O) groups is 3. The lowest BCUT2D eigenvalue weighted by Crippen LogP contribution is -2.61. The van der Waals surface area contributed by atoms with Gasteiger partial charge >= 0.3 is 6.03 Å². The molecule has 2 N–H and O–H groups in total. The standard InChI is InChI=1S/C26H30F3N5O3/c1-16(2)18-8-9-20(30-11-18)23(17-6-4-3-5-7-17)32-24(36)21-10-19(27)13-34(21)22(35)12-31-25(37)33-14-26(28,29)15-33/h3-9,11,16,19,21,23H,10,12-15H2,1-2H3,(H,31,37)(H,32,36). The number of benzene rings is 1. The normalized spacial score (nSPS) is 21.4. The highest BCUT2D eigenvalue weighted by Crippen LogP contribution is 2.27. The summed E-state index contributed by atoms with van der Waals surface area (Å²) in [5.41, 5.74) is 2.40. The predicted molar refractivity (Wildman–Crippen MR) is 130 cm³/mol. The predicted octanol–water partition coefficient (Wildman–Crippen LogP) is 3.01. The molecular weight excluding hydrogens is 487 g/mol. The van der Waals surface area contributed by atoms with Crippen LogP contribution in [0.15, 0.2) is 48.7 Å². The summed E-state index contributed by atoms with van der Waals surface area (Å²) in [6.07, 6.45) is 0.149. The molecule has 0 radical (unpaired) electrons. The maximum atomic E-state index is 14.4. The average molecular weight is 518 g/mol. The number of hydrogen-bond acceptors (Lipinski definition) is 4.